The molecule has 0 amide bonds. The summed E-state index contributed by atoms with van der Waals surface area (Å²) in [5, 5.41) is 10.5. The Bertz CT molecular complexity index is 882. The average molecular weight is 435 g/mol. The molecule has 1 aromatic heterocycles. The Morgan fingerprint density at radius 1 is 0.645 bits per heavy atom. The number of ether oxygens (including phenoxy) is 2. The molecule has 2 aromatic carbocycles. The molecule has 0 atom stereocenters. The average Bonchev–Trinajstić information content (AvgIpc) is 3.30. The maximum atomic E-state index is 5.74. The van der Waals surface area contributed by atoms with E-state index in [1.54, 1.807) is 11.3 Å². The van der Waals surface area contributed by atoms with Crippen molar-refractivity contribution < 1.29 is 9.47 Å². The third-order valence-electron chi connectivity index (χ3n) is 4.56. The predicted octanol–water partition coefficient (Wildman–Crippen LogP) is 7.34. The van der Waals surface area contributed by atoms with Crippen LogP contribution in [0, 0.1) is 0 Å². The van der Waals surface area contributed by atoms with E-state index in [2.05, 4.69) is 48.3 Å². The zero-order chi connectivity index (χ0) is 21.7. The van der Waals surface area contributed by atoms with Crippen molar-refractivity contribution in [3.8, 4) is 32.6 Å². The van der Waals surface area contributed by atoms with Crippen LogP contribution in [0.5, 0.6) is 11.5 Å². The van der Waals surface area contributed by atoms with Crippen LogP contribution in [-0.4, -0.2) is 23.4 Å². The summed E-state index contributed by atoms with van der Waals surface area (Å²) in [5.74, 6) is 1.71. The number of rotatable bonds is 12. The van der Waals surface area contributed by atoms with Gasteiger partial charge < -0.3 is 9.47 Å². The molecule has 3 rings (SSSR count). The second-order valence-corrected chi connectivity index (χ2v) is 8.08. The fraction of sp³-hybridized carbons (Fsp3) is 0.308. The summed E-state index contributed by atoms with van der Waals surface area (Å²) in [5.41, 5.74) is 2.08. The Balaban J connectivity index is 1.56. The lowest BCUT2D eigenvalue weighted by atomic mass is 10.2. The smallest absolute Gasteiger partial charge is 0.148 e. The number of hydrogen-bond donors (Lipinski definition) is 0. The minimum absolute atomic E-state index is 0.594. The monoisotopic (exact) mass is 434 g/mol. The summed E-state index contributed by atoms with van der Waals surface area (Å²) >= 11 is 1.58. The number of unbranched alkanes of at least 4 members (excludes halogenated alkanes) is 2. The van der Waals surface area contributed by atoms with Gasteiger partial charge in [-0.2, -0.15) is 0 Å². The van der Waals surface area contributed by atoms with Gasteiger partial charge in [-0.1, -0.05) is 62.3 Å². The Morgan fingerprint density at radius 2 is 1.06 bits per heavy atom. The first-order valence-electron chi connectivity index (χ1n) is 10.9. The van der Waals surface area contributed by atoms with Gasteiger partial charge in [0, 0.05) is 11.1 Å². The summed E-state index contributed by atoms with van der Waals surface area (Å²) in [6.45, 7) is 5.52. The molecular formula is C26H30N2O2S. The van der Waals surface area contributed by atoms with Gasteiger partial charge in [0.15, 0.2) is 0 Å². The molecule has 0 radical (unpaired) electrons. The number of hydrogen-bond acceptors (Lipinski definition) is 5. The second-order valence-electron chi connectivity index (χ2n) is 7.10. The molecule has 0 spiro atoms. The molecule has 5 heteroatoms. The van der Waals surface area contributed by atoms with E-state index in [-0.39, 0.29) is 0 Å². The van der Waals surface area contributed by atoms with Crippen LogP contribution in [0.15, 0.2) is 72.8 Å². The van der Waals surface area contributed by atoms with Gasteiger partial charge in [0.05, 0.1) is 0 Å². The molecule has 0 fully saturated rings. The summed E-state index contributed by atoms with van der Waals surface area (Å²) in [6.07, 6.45) is 12.9. The van der Waals surface area contributed by atoms with Crippen LogP contribution in [0.1, 0.15) is 39.5 Å². The van der Waals surface area contributed by atoms with Crippen LogP contribution in [0.4, 0.5) is 0 Å². The van der Waals surface area contributed by atoms with Gasteiger partial charge >= 0.3 is 0 Å². The highest BCUT2D eigenvalue weighted by atomic mass is 32.1. The quantitative estimate of drug-likeness (QED) is 0.280. The zero-order valence-corrected chi connectivity index (χ0v) is 19.1. The first-order chi connectivity index (χ1) is 15.3. The van der Waals surface area contributed by atoms with Crippen LogP contribution in [0.3, 0.4) is 0 Å². The zero-order valence-electron chi connectivity index (χ0n) is 18.3. The topological polar surface area (TPSA) is 44.2 Å². The molecule has 0 saturated carbocycles. The molecule has 0 aliphatic carbocycles. The molecule has 0 aliphatic rings. The van der Waals surface area contributed by atoms with Gasteiger partial charge in [-0.15, -0.1) is 10.2 Å². The fourth-order valence-electron chi connectivity index (χ4n) is 2.84. The lowest BCUT2D eigenvalue weighted by Gasteiger charge is -2.04. The van der Waals surface area contributed by atoms with E-state index in [9.17, 15) is 0 Å². The van der Waals surface area contributed by atoms with Crippen LogP contribution in [0.25, 0.3) is 21.1 Å². The standard InChI is InChI=1S/C26H30N2O2S/c1-3-5-7-9-19-29-23-15-11-21(12-16-23)25-27-28-26(31-25)22-13-17-24(18-14-22)30-20-10-8-6-4-2/h7-18H,3-6,19-20H2,1-2H3. The minimum Gasteiger partial charge on any atom is -0.490 e. The molecule has 1 heterocycles. The molecule has 0 saturated heterocycles. The van der Waals surface area contributed by atoms with Crippen LogP contribution in [-0.2, 0) is 0 Å². The molecule has 0 unspecified atom stereocenters. The van der Waals surface area contributed by atoms with Gasteiger partial charge in [0.2, 0.25) is 0 Å². The maximum absolute atomic E-state index is 5.74. The third kappa shape index (κ3) is 7.37. The van der Waals surface area contributed by atoms with E-state index < -0.39 is 0 Å². The van der Waals surface area contributed by atoms with Crippen molar-refractivity contribution in [1.82, 2.24) is 10.2 Å². The molecule has 0 bridgehead atoms. The van der Waals surface area contributed by atoms with Crippen molar-refractivity contribution in [3.05, 3.63) is 72.8 Å². The van der Waals surface area contributed by atoms with Crippen molar-refractivity contribution in [2.75, 3.05) is 13.2 Å². The highest BCUT2D eigenvalue weighted by Gasteiger charge is 2.09. The van der Waals surface area contributed by atoms with Gasteiger partial charge in [-0.05, 0) is 61.4 Å². The van der Waals surface area contributed by atoms with Crippen molar-refractivity contribution in [2.45, 2.75) is 39.5 Å². The summed E-state index contributed by atoms with van der Waals surface area (Å²) in [4.78, 5) is 0. The third-order valence-corrected chi connectivity index (χ3v) is 5.59. The summed E-state index contributed by atoms with van der Waals surface area (Å²) in [7, 11) is 0. The SMILES string of the molecule is CCCC=CCOc1ccc(-c2nnc(-c3ccc(OCC=CCCC)cc3)s2)cc1. The lowest BCUT2D eigenvalue weighted by molar-refractivity contribution is 0.362. The summed E-state index contributed by atoms with van der Waals surface area (Å²) < 4.78 is 11.5. The fourth-order valence-corrected chi connectivity index (χ4v) is 3.69. The van der Waals surface area contributed by atoms with E-state index in [1.807, 2.05) is 48.5 Å². The van der Waals surface area contributed by atoms with Gasteiger partial charge in [0.25, 0.3) is 0 Å². The normalized spacial score (nSPS) is 11.4. The van der Waals surface area contributed by atoms with Crippen molar-refractivity contribution in [2.24, 2.45) is 0 Å². The Hall–Kier alpha value is -2.92. The first-order valence-corrected chi connectivity index (χ1v) is 11.7. The van der Waals surface area contributed by atoms with Crippen LogP contribution in [0.2, 0.25) is 0 Å². The van der Waals surface area contributed by atoms with Crippen molar-refractivity contribution >= 4 is 11.3 Å². The first kappa shape index (κ1) is 22.8. The summed E-state index contributed by atoms with van der Waals surface area (Å²) in [6, 6.07) is 16.0. The molecule has 31 heavy (non-hydrogen) atoms. The van der Waals surface area contributed by atoms with Crippen molar-refractivity contribution in [1.29, 1.82) is 0 Å². The van der Waals surface area contributed by atoms with Gasteiger partial charge in [0.1, 0.15) is 34.7 Å². The van der Waals surface area contributed by atoms with E-state index in [1.165, 1.54) is 0 Å². The number of aromatic nitrogens is 2. The number of nitrogens with zero attached hydrogens (tertiary/aromatic N) is 2. The largest absolute Gasteiger partial charge is 0.490 e. The van der Waals surface area contributed by atoms with Gasteiger partial charge in [-0.3, -0.25) is 0 Å². The van der Waals surface area contributed by atoms with E-state index in [0.29, 0.717) is 13.2 Å². The Morgan fingerprint density at radius 3 is 1.45 bits per heavy atom. The van der Waals surface area contributed by atoms with Gasteiger partial charge in [-0.25, -0.2) is 0 Å². The lowest BCUT2D eigenvalue weighted by Crippen LogP contribution is -1.92. The highest BCUT2D eigenvalue weighted by Crippen LogP contribution is 2.31. The Kier molecular flexibility index (Phi) is 9.32. The molecule has 3 aromatic rings. The Labute approximate surface area is 189 Å². The highest BCUT2D eigenvalue weighted by molar-refractivity contribution is 7.17. The maximum Gasteiger partial charge on any atom is 0.148 e. The molecule has 4 nitrogen and oxygen atoms in total. The molecule has 162 valence electrons. The number of allylic oxidation sites excluding steroid dienone is 2. The molecular weight excluding hydrogens is 404 g/mol. The van der Waals surface area contributed by atoms with E-state index in [0.717, 1.165) is 58.3 Å². The minimum atomic E-state index is 0.594. The second kappa shape index (κ2) is 12.7. The van der Waals surface area contributed by atoms with E-state index in [4.69, 9.17) is 9.47 Å². The van der Waals surface area contributed by atoms with Crippen LogP contribution < -0.4 is 9.47 Å². The van der Waals surface area contributed by atoms with E-state index >= 15 is 0 Å². The molecule has 0 N–H and O–H groups in total. The van der Waals surface area contributed by atoms with Crippen LogP contribution >= 0.6 is 11.3 Å². The number of benzene rings is 2. The molecule has 0 aliphatic heterocycles. The van der Waals surface area contributed by atoms with Crippen molar-refractivity contribution in [3.63, 3.8) is 0 Å². The predicted molar refractivity (Wildman–Crippen MR) is 130 cm³/mol.